The highest BCUT2D eigenvalue weighted by Gasteiger charge is 2.43. The number of hydrogen-bond acceptors (Lipinski definition) is 6. The van der Waals surface area contributed by atoms with Crippen molar-refractivity contribution in [3.8, 4) is 0 Å². The number of esters is 2. The van der Waals surface area contributed by atoms with E-state index in [1.54, 1.807) is 0 Å². The highest BCUT2D eigenvalue weighted by atomic mass is 16.6. The third-order valence-corrected chi connectivity index (χ3v) is 9.16. The Morgan fingerprint density at radius 3 is 2.22 bits per heavy atom. The Kier molecular flexibility index (Phi) is 9.71. The second-order valence-electron chi connectivity index (χ2n) is 13.0. The van der Waals surface area contributed by atoms with Crippen LogP contribution in [0, 0.1) is 34.5 Å². The number of fused-ring (bicyclic) bond motifs is 1. The molecule has 210 valence electrons. The molecule has 3 rings (SSSR count). The Hall–Kier alpha value is -1.66. The molecule has 1 heterocycles. The van der Waals surface area contributed by atoms with Crippen molar-refractivity contribution < 1.29 is 28.9 Å². The molecule has 0 aromatic heterocycles. The van der Waals surface area contributed by atoms with Gasteiger partial charge in [0.25, 0.3) is 0 Å². The van der Waals surface area contributed by atoms with Crippen LogP contribution in [0.15, 0.2) is 23.8 Å². The number of aliphatic hydroxyl groups excluding tert-OH is 1. The first-order chi connectivity index (χ1) is 17.3. The molecule has 2 aliphatic carbocycles. The summed E-state index contributed by atoms with van der Waals surface area (Å²) in [6, 6.07) is 0. The van der Waals surface area contributed by atoms with Crippen LogP contribution < -0.4 is 0 Å². The Bertz CT molecular complexity index is 871. The van der Waals surface area contributed by atoms with E-state index in [1.165, 1.54) is 5.57 Å². The van der Waals surface area contributed by atoms with E-state index >= 15 is 0 Å². The monoisotopic (exact) mass is 518 g/mol. The topological polar surface area (TPSA) is 82.1 Å². The third kappa shape index (κ3) is 7.26. The van der Waals surface area contributed by atoms with Crippen LogP contribution in [0.3, 0.4) is 0 Å². The molecule has 0 bridgehead atoms. The highest BCUT2D eigenvalue weighted by molar-refractivity contribution is 5.76. The van der Waals surface area contributed by atoms with E-state index < -0.39 is 17.1 Å². The van der Waals surface area contributed by atoms with Crippen LogP contribution in [0.5, 0.6) is 0 Å². The van der Waals surface area contributed by atoms with Gasteiger partial charge in [-0.2, -0.15) is 0 Å². The van der Waals surface area contributed by atoms with Crippen LogP contribution in [0.4, 0.5) is 0 Å². The first-order valence-corrected chi connectivity index (χ1v) is 14.4. The lowest BCUT2D eigenvalue weighted by Gasteiger charge is -2.44. The summed E-state index contributed by atoms with van der Waals surface area (Å²) in [5.74, 6) is 0.808. The molecule has 6 nitrogen and oxygen atoms in total. The van der Waals surface area contributed by atoms with Crippen molar-refractivity contribution in [3.63, 3.8) is 0 Å². The quantitative estimate of drug-likeness (QED) is 0.358. The SMILES string of the molecule is CCC(C)(C)C(=O)O[C@H]1CC(O)OC(CC[C@@H]2C3C(=C[C@H](C)C[C@@H]3OC(=O)C(C)(C)CC)C=C[C@@H]2C)C1. The maximum atomic E-state index is 13.0. The van der Waals surface area contributed by atoms with Gasteiger partial charge in [0.2, 0.25) is 0 Å². The lowest BCUT2D eigenvalue weighted by atomic mass is 9.65. The summed E-state index contributed by atoms with van der Waals surface area (Å²) in [7, 11) is 0. The molecule has 3 aliphatic rings. The van der Waals surface area contributed by atoms with Gasteiger partial charge in [0.15, 0.2) is 6.29 Å². The molecule has 1 N–H and O–H groups in total. The van der Waals surface area contributed by atoms with Crippen molar-refractivity contribution in [1.29, 1.82) is 0 Å². The van der Waals surface area contributed by atoms with Crippen LogP contribution in [-0.4, -0.2) is 41.6 Å². The molecule has 6 heteroatoms. The number of rotatable bonds is 9. The molecule has 1 saturated heterocycles. The van der Waals surface area contributed by atoms with Crippen molar-refractivity contribution in [2.24, 2.45) is 34.5 Å². The van der Waals surface area contributed by atoms with Gasteiger partial charge in [0.05, 0.1) is 16.9 Å². The summed E-state index contributed by atoms with van der Waals surface area (Å²) in [5, 5.41) is 10.4. The lowest BCUT2D eigenvalue weighted by molar-refractivity contribution is -0.206. The van der Waals surface area contributed by atoms with Crippen molar-refractivity contribution in [2.75, 3.05) is 0 Å². The number of carbonyl (C=O) groups is 2. The zero-order chi connectivity index (χ0) is 27.5. The fourth-order valence-electron chi connectivity index (χ4n) is 5.73. The van der Waals surface area contributed by atoms with Crippen molar-refractivity contribution >= 4 is 11.9 Å². The van der Waals surface area contributed by atoms with Gasteiger partial charge in [0, 0.05) is 18.8 Å². The highest BCUT2D eigenvalue weighted by Crippen LogP contribution is 2.46. The average molecular weight is 519 g/mol. The number of ether oxygens (including phenoxy) is 3. The molecule has 0 spiro atoms. The Morgan fingerprint density at radius 2 is 1.59 bits per heavy atom. The summed E-state index contributed by atoms with van der Waals surface area (Å²) in [4.78, 5) is 25.7. The van der Waals surface area contributed by atoms with Crippen LogP contribution >= 0.6 is 0 Å². The second-order valence-corrected chi connectivity index (χ2v) is 13.0. The van der Waals surface area contributed by atoms with Crippen LogP contribution in [0.25, 0.3) is 0 Å². The number of allylic oxidation sites excluding steroid dienone is 3. The molecule has 1 aliphatic heterocycles. The largest absolute Gasteiger partial charge is 0.462 e. The van der Waals surface area contributed by atoms with Crippen molar-refractivity contribution in [2.45, 2.75) is 125 Å². The Labute approximate surface area is 224 Å². The molecule has 8 atom stereocenters. The Morgan fingerprint density at radius 1 is 0.973 bits per heavy atom. The second kappa shape index (κ2) is 12.0. The first kappa shape index (κ1) is 29.9. The summed E-state index contributed by atoms with van der Waals surface area (Å²) >= 11 is 0. The van der Waals surface area contributed by atoms with E-state index in [-0.39, 0.29) is 36.2 Å². The Balaban J connectivity index is 1.71. The lowest BCUT2D eigenvalue weighted by Crippen LogP contribution is -2.43. The maximum absolute atomic E-state index is 13.0. The van der Waals surface area contributed by atoms with Gasteiger partial charge in [-0.1, -0.05) is 45.9 Å². The molecule has 0 radical (unpaired) electrons. The van der Waals surface area contributed by atoms with Gasteiger partial charge < -0.3 is 19.3 Å². The number of carbonyl (C=O) groups excluding carboxylic acids is 2. The van der Waals surface area contributed by atoms with Crippen LogP contribution in [0.2, 0.25) is 0 Å². The normalized spacial score (nSPS) is 34.4. The minimum Gasteiger partial charge on any atom is -0.462 e. The molecule has 0 amide bonds. The smallest absolute Gasteiger partial charge is 0.311 e. The number of aliphatic hydroxyl groups is 1. The van der Waals surface area contributed by atoms with E-state index in [1.807, 2.05) is 41.5 Å². The van der Waals surface area contributed by atoms with Crippen molar-refractivity contribution in [1.82, 2.24) is 0 Å². The first-order valence-electron chi connectivity index (χ1n) is 14.4. The fraction of sp³-hybridized carbons (Fsp3) is 0.806. The summed E-state index contributed by atoms with van der Waals surface area (Å²) < 4.78 is 17.9. The molecule has 0 aromatic carbocycles. The molecular weight excluding hydrogens is 468 g/mol. The molecular formula is C31H50O6. The predicted molar refractivity (Wildman–Crippen MR) is 144 cm³/mol. The minimum atomic E-state index is -0.930. The zero-order valence-electron chi connectivity index (χ0n) is 24.3. The summed E-state index contributed by atoms with van der Waals surface area (Å²) in [6.45, 7) is 16.1. The molecule has 3 unspecified atom stereocenters. The van der Waals surface area contributed by atoms with Gasteiger partial charge in [-0.05, 0) is 83.1 Å². The minimum absolute atomic E-state index is 0.118. The molecule has 37 heavy (non-hydrogen) atoms. The van der Waals surface area contributed by atoms with E-state index in [2.05, 4.69) is 32.1 Å². The molecule has 1 fully saturated rings. The third-order valence-electron chi connectivity index (χ3n) is 9.16. The van der Waals surface area contributed by atoms with Crippen molar-refractivity contribution in [3.05, 3.63) is 23.8 Å². The fourth-order valence-corrected chi connectivity index (χ4v) is 5.73. The van der Waals surface area contributed by atoms with Gasteiger partial charge in [0.1, 0.15) is 12.2 Å². The maximum Gasteiger partial charge on any atom is 0.311 e. The van der Waals surface area contributed by atoms with Gasteiger partial charge in [-0.25, -0.2) is 0 Å². The summed E-state index contributed by atoms with van der Waals surface area (Å²) in [5.41, 5.74) is 0.232. The average Bonchev–Trinajstić information content (AvgIpc) is 2.83. The van der Waals surface area contributed by atoms with Gasteiger partial charge >= 0.3 is 11.9 Å². The standard InChI is InChI=1S/C31H50O6/c1-9-30(5,6)28(33)36-23-17-22(35-26(32)18-23)13-14-24-20(4)11-12-21-15-19(3)16-25(27(21)24)37-29(34)31(7,8)10-2/h11-12,15,19-20,22-27,32H,9-10,13-14,16-18H2,1-8H3/t19-,20-,22?,23+,24-,25-,26?,27?/m0/s1. The van der Waals surface area contributed by atoms with E-state index in [0.717, 1.165) is 25.7 Å². The molecule has 0 saturated carbocycles. The number of hydrogen-bond donors (Lipinski definition) is 1. The van der Waals surface area contributed by atoms with E-state index in [4.69, 9.17) is 14.2 Å². The predicted octanol–water partition coefficient (Wildman–Crippen LogP) is 6.36. The van der Waals surface area contributed by atoms with E-state index in [9.17, 15) is 14.7 Å². The zero-order valence-corrected chi connectivity index (χ0v) is 24.3. The van der Waals surface area contributed by atoms with Crippen LogP contribution in [0.1, 0.15) is 100 Å². The van der Waals surface area contributed by atoms with E-state index in [0.29, 0.717) is 37.0 Å². The summed E-state index contributed by atoms with van der Waals surface area (Å²) in [6.07, 6.45) is 10.0. The van der Waals surface area contributed by atoms with Gasteiger partial charge in [-0.15, -0.1) is 0 Å². The van der Waals surface area contributed by atoms with Gasteiger partial charge in [-0.3, -0.25) is 9.59 Å². The molecule has 0 aromatic rings. The van der Waals surface area contributed by atoms with Crippen LogP contribution in [-0.2, 0) is 23.8 Å².